The predicted molar refractivity (Wildman–Crippen MR) is 100 cm³/mol. The van der Waals surface area contributed by atoms with Gasteiger partial charge in [0.05, 0.1) is 28.1 Å². The molecule has 0 aliphatic heterocycles. The summed E-state index contributed by atoms with van der Waals surface area (Å²) in [4.78, 5) is 13.8. The average molecular weight is 410 g/mol. The molecule has 0 aromatic heterocycles. The normalized spacial score (nSPS) is 12.1. The summed E-state index contributed by atoms with van der Waals surface area (Å²) < 4.78 is 40.2. The van der Waals surface area contributed by atoms with E-state index >= 15 is 0 Å². The van der Waals surface area contributed by atoms with Crippen LogP contribution in [0.2, 0.25) is 5.02 Å². The number of amides is 1. The van der Waals surface area contributed by atoms with Gasteiger partial charge in [-0.25, -0.2) is 12.8 Å². The molecule has 0 spiro atoms. The molecular weight excluding hydrogens is 393 g/mol. The van der Waals surface area contributed by atoms with Crippen LogP contribution in [0.4, 0.5) is 10.1 Å². The van der Waals surface area contributed by atoms with Crippen molar-refractivity contribution in [2.45, 2.75) is 24.3 Å². The molecule has 2 aromatic rings. The van der Waals surface area contributed by atoms with Crippen molar-refractivity contribution in [1.82, 2.24) is 4.90 Å². The molecule has 9 heteroatoms. The number of anilines is 1. The second-order valence-electron chi connectivity index (χ2n) is 5.88. The highest BCUT2D eigenvalue weighted by atomic mass is 35.5. The van der Waals surface area contributed by atoms with Crippen molar-refractivity contribution in [3.63, 3.8) is 0 Å². The van der Waals surface area contributed by atoms with Gasteiger partial charge in [0.1, 0.15) is 5.82 Å². The van der Waals surface area contributed by atoms with Crippen LogP contribution in [0.25, 0.3) is 0 Å². The lowest BCUT2D eigenvalue weighted by Crippen LogP contribution is -2.34. The lowest BCUT2D eigenvalue weighted by atomic mass is 10.1. The maximum atomic E-state index is 13.0. The van der Waals surface area contributed by atoms with Crippen LogP contribution in [0.3, 0.4) is 0 Å². The molecule has 0 heterocycles. The number of rotatable bonds is 6. The number of sulfonamides is 1. The molecule has 0 saturated heterocycles. The minimum atomic E-state index is -4.01. The van der Waals surface area contributed by atoms with E-state index in [0.717, 1.165) is 24.3 Å². The summed E-state index contributed by atoms with van der Waals surface area (Å²) in [6.45, 7) is 1.73. The Balaban J connectivity index is 2.31. The number of hydrogen-bond acceptors (Lipinski definition) is 4. The molecule has 1 amide bonds. The molecule has 27 heavy (non-hydrogen) atoms. The summed E-state index contributed by atoms with van der Waals surface area (Å²) in [7, 11) is -2.45. The molecule has 0 saturated carbocycles. The van der Waals surface area contributed by atoms with Gasteiger partial charge in [0, 0.05) is 18.7 Å². The third kappa shape index (κ3) is 4.96. The monoisotopic (exact) mass is 409 g/mol. The van der Waals surface area contributed by atoms with E-state index in [1.54, 1.807) is 14.0 Å². The van der Waals surface area contributed by atoms with E-state index in [2.05, 4.69) is 4.72 Å². The van der Waals surface area contributed by atoms with Gasteiger partial charge in [0.15, 0.2) is 0 Å². The van der Waals surface area contributed by atoms with Crippen molar-refractivity contribution in [2.24, 2.45) is 0 Å². The Kier molecular flexibility index (Phi) is 6.41. The van der Waals surface area contributed by atoms with Crippen LogP contribution in [0.15, 0.2) is 47.4 Å². The van der Waals surface area contributed by atoms with Gasteiger partial charge in [-0.1, -0.05) is 11.6 Å². The number of nitrogens with zero attached hydrogens (tertiary/aromatic N) is 2. The second-order valence-corrected chi connectivity index (χ2v) is 7.97. The van der Waals surface area contributed by atoms with Crippen molar-refractivity contribution >= 4 is 33.2 Å². The van der Waals surface area contributed by atoms with E-state index in [4.69, 9.17) is 16.9 Å². The van der Waals surface area contributed by atoms with Gasteiger partial charge in [-0.3, -0.25) is 9.52 Å². The number of halogens is 2. The number of carbonyl (C=O) groups is 1. The van der Waals surface area contributed by atoms with E-state index in [1.807, 2.05) is 6.07 Å². The summed E-state index contributed by atoms with van der Waals surface area (Å²) >= 11 is 6.06. The Morgan fingerprint density at radius 1 is 1.30 bits per heavy atom. The van der Waals surface area contributed by atoms with Gasteiger partial charge in [-0.05, 0) is 49.4 Å². The quantitative estimate of drug-likeness (QED) is 0.788. The lowest BCUT2D eigenvalue weighted by molar-refractivity contribution is 0.0746. The van der Waals surface area contributed by atoms with Gasteiger partial charge in [0.25, 0.3) is 15.9 Å². The van der Waals surface area contributed by atoms with Crippen molar-refractivity contribution < 1.29 is 17.6 Å². The second kappa shape index (κ2) is 8.37. The fourth-order valence-electron chi connectivity index (χ4n) is 2.23. The molecule has 0 radical (unpaired) electrons. The minimum Gasteiger partial charge on any atom is -0.338 e. The van der Waals surface area contributed by atoms with Crippen molar-refractivity contribution in [1.29, 1.82) is 5.26 Å². The highest BCUT2D eigenvalue weighted by Crippen LogP contribution is 2.27. The number of nitrogens with one attached hydrogen (secondary N) is 1. The van der Waals surface area contributed by atoms with Crippen LogP contribution in [0, 0.1) is 17.1 Å². The number of nitriles is 1. The molecular formula is C18H17ClFN3O3S. The summed E-state index contributed by atoms with van der Waals surface area (Å²) in [6.07, 6.45) is 0.167. The number of hydrogen-bond donors (Lipinski definition) is 1. The SMILES string of the molecule is CC(CC#N)N(C)C(=O)c1ccc(Cl)c(NS(=O)(=O)c2ccc(F)cc2)c1. The van der Waals surface area contributed by atoms with Crippen LogP contribution in [-0.4, -0.2) is 32.3 Å². The van der Waals surface area contributed by atoms with E-state index in [1.165, 1.54) is 23.1 Å². The maximum absolute atomic E-state index is 13.0. The third-order valence-corrected chi connectivity index (χ3v) is 5.66. The Labute approximate surface area is 162 Å². The number of carbonyl (C=O) groups excluding carboxylic acids is 1. The molecule has 0 fully saturated rings. The van der Waals surface area contributed by atoms with E-state index in [9.17, 15) is 17.6 Å². The van der Waals surface area contributed by atoms with Crippen molar-refractivity contribution in [3.05, 3.63) is 58.9 Å². The molecule has 0 aliphatic rings. The lowest BCUT2D eigenvalue weighted by Gasteiger charge is -2.23. The average Bonchev–Trinajstić information content (AvgIpc) is 2.62. The topological polar surface area (TPSA) is 90.3 Å². The Bertz CT molecular complexity index is 988. The highest BCUT2D eigenvalue weighted by molar-refractivity contribution is 7.92. The first kappa shape index (κ1) is 20.7. The van der Waals surface area contributed by atoms with Crippen LogP contribution in [0.1, 0.15) is 23.7 Å². The molecule has 2 rings (SSSR count). The molecule has 142 valence electrons. The highest BCUT2D eigenvalue weighted by Gasteiger charge is 2.20. The standard InChI is InChI=1S/C18H17ClFN3O3S/c1-12(9-10-21)23(2)18(24)13-3-8-16(19)17(11-13)22-27(25,26)15-6-4-14(20)5-7-15/h3-8,11-12,22H,9H2,1-2H3. The zero-order valence-electron chi connectivity index (χ0n) is 14.6. The Hall–Kier alpha value is -2.63. The van der Waals surface area contributed by atoms with Gasteiger partial charge in [-0.15, -0.1) is 0 Å². The van der Waals surface area contributed by atoms with Crippen LogP contribution >= 0.6 is 11.6 Å². The maximum Gasteiger partial charge on any atom is 0.261 e. The summed E-state index contributed by atoms with van der Waals surface area (Å²) in [5.74, 6) is -0.939. The first-order valence-corrected chi connectivity index (χ1v) is 9.74. The van der Waals surface area contributed by atoms with E-state index < -0.39 is 15.8 Å². The Morgan fingerprint density at radius 2 is 1.93 bits per heavy atom. The van der Waals surface area contributed by atoms with Gasteiger partial charge < -0.3 is 4.90 Å². The first-order chi connectivity index (χ1) is 12.7. The molecule has 6 nitrogen and oxygen atoms in total. The molecule has 1 atom stereocenters. The Morgan fingerprint density at radius 3 is 2.52 bits per heavy atom. The van der Waals surface area contributed by atoms with Crippen LogP contribution < -0.4 is 4.72 Å². The first-order valence-electron chi connectivity index (χ1n) is 7.87. The summed E-state index contributed by atoms with van der Waals surface area (Å²) in [5.41, 5.74) is 0.233. The number of benzene rings is 2. The van der Waals surface area contributed by atoms with Gasteiger partial charge >= 0.3 is 0 Å². The fourth-order valence-corrected chi connectivity index (χ4v) is 3.52. The smallest absolute Gasteiger partial charge is 0.261 e. The fraction of sp³-hybridized carbons (Fsp3) is 0.222. The van der Waals surface area contributed by atoms with E-state index in [-0.39, 0.29) is 39.5 Å². The van der Waals surface area contributed by atoms with Crippen LogP contribution in [-0.2, 0) is 10.0 Å². The van der Waals surface area contributed by atoms with Crippen molar-refractivity contribution in [2.75, 3.05) is 11.8 Å². The summed E-state index contributed by atoms with van der Waals surface area (Å²) in [6, 6.07) is 10.2. The predicted octanol–water partition coefficient (Wildman–Crippen LogP) is 3.65. The zero-order chi connectivity index (χ0) is 20.2. The van der Waals surface area contributed by atoms with Gasteiger partial charge in [0.2, 0.25) is 0 Å². The molecule has 2 aromatic carbocycles. The van der Waals surface area contributed by atoms with E-state index in [0.29, 0.717) is 0 Å². The third-order valence-electron chi connectivity index (χ3n) is 3.95. The zero-order valence-corrected chi connectivity index (χ0v) is 16.2. The minimum absolute atomic E-state index is 0.0215. The molecule has 1 N–H and O–H groups in total. The van der Waals surface area contributed by atoms with Crippen molar-refractivity contribution in [3.8, 4) is 6.07 Å². The van der Waals surface area contributed by atoms with Crippen LogP contribution in [0.5, 0.6) is 0 Å². The molecule has 1 unspecified atom stereocenters. The molecule has 0 bridgehead atoms. The largest absolute Gasteiger partial charge is 0.338 e. The van der Waals surface area contributed by atoms with Gasteiger partial charge in [-0.2, -0.15) is 5.26 Å². The molecule has 0 aliphatic carbocycles. The summed E-state index contributed by atoms with van der Waals surface area (Å²) in [5, 5.41) is 8.87.